The largest absolute Gasteiger partial charge is 0.495 e. The van der Waals surface area contributed by atoms with Gasteiger partial charge in [0.25, 0.3) is 5.91 Å². The van der Waals surface area contributed by atoms with E-state index < -0.39 is 0 Å². The fourth-order valence-electron chi connectivity index (χ4n) is 3.06. The number of nitrogens with two attached hydrogens (primary N) is 1. The Morgan fingerprint density at radius 3 is 2.70 bits per heavy atom. The Morgan fingerprint density at radius 1 is 1.40 bits per heavy atom. The van der Waals surface area contributed by atoms with Gasteiger partial charge in [0, 0.05) is 6.54 Å². The number of nitrogens with one attached hydrogen (secondary N) is 1. The first-order valence-electron chi connectivity index (χ1n) is 7.32. The lowest BCUT2D eigenvalue weighted by Crippen LogP contribution is -2.35. The quantitative estimate of drug-likeness (QED) is 0.813. The maximum atomic E-state index is 12.3. The highest BCUT2D eigenvalue weighted by atomic mass is 16.5. The lowest BCUT2D eigenvalue weighted by Gasteiger charge is -2.27. The average molecular weight is 276 g/mol. The Kier molecular flexibility index (Phi) is 4.53. The summed E-state index contributed by atoms with van der Waals surface area (Å²) in [7, 11) is 1.55. The monoisotopic (exact) mass is 276 g/mol. The van der Waals surface area contributed by atoms with Gasteiger partial charge in [0.2, 0.25) is 0 Å². The number of ether oxygens (including phenoxy) is 1. The van der Waals surface area contributed by atoms with Gasteiger partial charge in [-0.25, -0.2) is 0 Å². The van der Waals surface area contributed by atoms with E-state index in [2.05, 4.69) is 12.2 Å². The van der Waals surface area contributed by atoms with Gasteiger partial charge in [0.1, 0.15) is 5.75 Å². The highest BCUT2D eigenvalue weighted by molar-refractivity contribution is 6.00. The van der Waals surface area contributed by atoms with E-state index in [1.807, 2.05) is 0 Å². The molecule has 4 nitrogen and oxygen atoms in total. The number of para-hydroxylation sites is 1. The van der Waals surface area contributed by atoms with Crippen LogP contribution >= 0.6 is 0 Å². The lowest BCUT2D eigenvalue weighted by atomic mass is 9.83. The van der Waals surface area contributed by atoms with Crippen LogP contribution in [-0.2, 0) is 0 Å². The van der Waals surface area contributed by atoms with E-state index in [-0.39, 0.29) is 11.3 Å². The molecule has 4 heteroatoms. The van der Waals surface area contributed by atoms with E-state index in [0.717, 1.165) is 13.0 Å². The second-order valence-corrected chi connectivity index (χ2v) is 5.66. The maximum absolute atomic E-state index is 12.3. The first-order chi connectivity index (χ1) is 9.62. The normalized spacial score (nSPS) is 16.9. The predicted octanol–water partition coefficient (Wildman–Crippen LogP) is 2.98. The molecule has 0 aromatic heterocycles. The zero-order valence-electron chi connectivity index (χ0n) is 12.4. The Labute approximate surface area is 120 Å². The van der Waals surface area contributed by atoms with Crippen LogP contribution in [0.4, 0.5) is 5.69 Å². The molecule has 0 unspecified atom stereocenters. The van der Waals surface area contributed by atoms with Crippen molar-refractivity contribution in [2.75, 3.05) is 19.4 Å². The minimum absolute atomic E-state index is 0.110. The molecule has 2 rings (SSSR count). The van der Waals surface area contributed by atoms with Gasteiger partial charge >= 0.3 is 0 Å². The summed E-state index contributed by atoms with van der Waals surface area (Å²) in [4.78, 5) is 12.3. The molecule has 0 heterocycles. The number of hydrogen-bond acceptors (Lipinski definition) is 3. The zero-order valence-corrected chi connectivity index (χ0v) is 12.4. The molecule has 110 valence electrons. The van der Waals surface area contributed by atoms with Crippen molar-refractivity contribution < 1.29 is 9.53 Å². The average Bonchev–Trinajstić information content (AvgIpc) is 2.94. The minimum Gasteiger partial charge on any atom is -0.495 e. The van der Waals surface area contributed by atoms with Crippen molar-refractivity contribution in [2.24, 2.45) is 5.41 Å². The van der Waals surface area contributed by atoms with Crippen molar-refractivity contribution in [3.05, 3.63) is 23.8 Å². The van der Waals surface area contributed by atoms with Gasteiger partial charge in [-0.2, -0.15) is 0 Å². The summed E-state index contributed by atoms with van der Waals surface area (Å²) >= 11 is 0. The van der Waals surface area contributed by atoms with Crippen molar-refractivity contribution in [1.82, 2.24) is 5.32 Å². The molecule has 3 N–H and O–H groups in total. The number of carbonyl (C=O) groups is 1. The molecular formula is C16H24N2O2. The number of anilines is 1. The van der Waals surface area contributed by atoms with Crippen LogP contribution in [-0.4, -0.2) is 19.6 Å². The molecule has 1 amide bonds. The van der Waals surface area contributed by atoms with Crippen LogP contribution in [0.15, 0.2) is 18.2 Å². The van der Waals surface area contributed by atoms with E-state index >= 15 is 0 Å². The van der Waals surface area contributed by atoms with E-state index in [0.29, 0.717) is 17.0 Å². The fourth-order valence-corrected chi connectivity index (χ4v) is 3.06. The highest BCUT2D eigenvalue weighted by Crippen LogP contribution is 2.40. The van der Waals surface area contributed by atoms with Crippen LogP contribution in [0.2, 0.25) is 0 Å². The second kappa shape index (κ2) is 6.16. The highest BCUT2D eigenvalue weighted by Gasteiger charge is 2.32. The standard InChI is InChI=1S/C16H24N2O2/c1-3-16(9-4-5-10-16)11-18-15(19)12-7-6-8-13(20-2)14(12)17/h6-8H,3-5,9-11,17H2,1-2H3,(H,18,19). The van der Waals surface area contributed by atoms with E-state index in [9.17, 15) is 4.79 Å². The van der Waals surface area contributed by atoms with Crippen LogP contribution in [0.1, 0.15) is 49.4 Å². The molecule has 1 aromatic rings. The van der Waals surface area contributed by atoms with Crippen molar-refractivity contribution in [2.45, 2.75) is 39.0 Å². The summed E-state index contributed by atoms with van der Waals surface area (Å²) in [6, 6.07) is 5.28. The van der Waals surface area contributed by atoms with Crippen LogP contribution in [0.5, 0.6) is 5.75 Å². The molecule has 1 aliphatic rings. The number of nitrogen functional groups attached to an aromatic ring is 1. The van der Waals surface area contributed by atoms with E-state index in [1.165, 1.54) is 25.7 Å². The Balaban J connectivity index is 2.05. The van der Waals surface area contributed by atoms with Crippen molar-refractivity contribution in [1.29, 1.82) is 0 Å². The van der Waals surface area contributed by atoms with Gasteiger partial charge in [-0.3, -0.25) is 4.79 Å². The molecule has 0 spiro atoms. The van der Waals surface area contributed by atoms with E-state index in [4.69, 9.17) is 10.5 Å². The van der Waals surface area contributed by atoms with Gasteiger partial charge in [-0.15, -0.1) is 0 Å². The van der Waals surface area contributed by atoms with Gasteiger partial charge in [0.15, 0.2) is 0 Å². The smallest absolute Gasteiger partial charge is 0.253 e. The van der Waals surface area contributed by atoms with Crippen LogP contribution in [0, 0.1) is 5.41 Å². The van der Waals surface area contributed by atoms with Gasteiger partial charge < -0.3 is 15.8 Å². The number of hydrogen-bond donors (Lipinski definition) is 2. The first kappa shape index (κ1) is 14.7. The van der Waals surface area contributed by atoms with Gasteiger partial charge in [-0.05, 0) is 36.8 Å². The summed E-state index contributed by atoms with van der Waals surface area (Å²) < 4.78 is 5.15. The topological polar surface area (TPSA) is 64.3 Å². The summed E-state index contributed by atoms with van der Waals surface area (Å²) in [6.07, 6.45) is 6.06. The summed E-state index contributed by atoms with van der Waals surface area (Å²) in [6.45, 7) is 2.94. The molecule has 0 aliphatic heterocycles. The second-order valence-electron chi connectivity index (χ2n) is 5.66. The molecule has 20 heavy (non-hydrogen) atoms. The Morgan fingerprint density at radius 2 is 2.10 bits per heavy atom. The molecule has 1 saturated carbocycles. The lowest BCUT2D eigenvalue weighted by molar-refractivity contribution is 0.0929. The Bertz CT molecular complexity index is 479. The van der Waals surface area contributed by atoms with Crippen molar-refractivity contribution in [3.8, 4) is 5.75 Å². The summed E-state index contributed by atoms with van der Waals surface area (Å²) in [5.74, 6) is 0.435. The van der Waals surface area contributed by atoms with Gasteiger partial charge in [-0.1, -0.05) is 25.8 Å². The van der Waals surface area contributed by atoms with E-state index in [1.54, 1.807) is 25.3 Å². The molecule has 1 fully saturated rings. The maximum Gasteiger partial charge on any atom is 0.253 e. The number of amides is 1. The minimum atomic E-state index is -0.110. The molecule has 0 bridgehead atoms. The van der Waals surface area contributed by atoms with Crippen LogP contribution in [0.3, 0.4) is 0 Å². The fraction of sp³-hybridized carbons (Fsp3) is 0.562. The van der Waals surface area contributed by atoms with Crippen molar-refractivity contribution >= 4 is 11.6 Å². The first-order valence-corrected chi connectivity index (χ1v) is 7.32. The molecule has 0 saturated heterocycles. The third-order valence-electron chi connectivity index (χ3n) is 4.57. The van der Waals surface area contributed by atoms with Gasteiger partial charge in [0.05, 0.1) is 18.4 Å². The third-order valence-corrected chi connectivity index (χ3v) is 4.57. The zero-order chi connectivity index (χ0) is 14.6. The number of methoxy groups -OCH3 is 1. The summed E-state index contributed by atoms with van der Waals surface area (Å²) in [5.41, 5.74) is 7.14. The number of carbonyl (C=O) groups excluding carboxylic acids is 1. The third kappa shape index (κ3) is 2.89. The number of rotatable bonds is 5. The molecule has 1 aromatic carbocycles. The molecular weight excluding hydrogens is 252 g/mol. The SMILES string of the molecule is CCC1(CNC(=O)c2cccc(OC)c2N)CCCC1. The summed E-state index contributed by atoms with van der Waals surface area (Å²) in [5, 5.41) is 3.05. The predicted molar refractivity (Wildman–Crippen MR) is 80.9 cm³/mol. The van der Waals surface area contributed by atoms with Crippen LogP contribution < -0.4 is 15.8 Å². The van der Waals surface area contributed by atoms with Crippen LogP contribution in [0.25, 0.3) is 0 Å². The van der Waals surface area contributed by atoms with Crippen molar-refractivity contribution in [3.63, 3.8) is 0 Å². The molecule has 1 aliphatic carbocycles. The Hall–Kier alpha value is -1.71. The molecule has 0 atom stereocenters. The molecule has 0 radical (unpaired) electrons. The number of benzene rings is 1.